The van der Waals surface area contributed by atoms with Gasteiger partial charge in [0.05, 0.1) is 5.69 Å². The lowest BCUT2D eigenvalue weighted by molar-refractivity contribution is 0.710. The third-order valence-corrected chi connectivity index (χ3v) is 6.67. The van der Waals surface area contributed by atoms with Crippen molar-refractivity contribution >= 4 is 15.9 Å². The van der Waals surface area contributed by atoms with Gasteiger partial charge in [-0.05, 0) is 47.2 Å². The highest BCUT2D eigenvalue weighted by atomic mass is 79.9. The fourth-order valence-electron chi connectivity index (χ4n) is 4.05. The second-order valence-electron chi connectivity index (χ2n) is 8.41. The maximum atomic E-state index is 13.0. The van der Waals surface area contributed by atoms with E-state index < -0.39 is 0 Å². The Kier molecular flexibility index (Phi) is 8.00. The predicted octanol–water partition coefficient (Wildman–Crippen LogP) is 5.66. The maximum absolute atomic E-state index is 13.0. The number of benzene rings is 2. The molecule has 0 bridgehead atoms. The van der Waals surface area contributed by atoms with Crippen LogP contribution in [0.1, 0.15) is 62.2 Å². The van der Waals surface area contributed by atoms with E-state index in [1.54, 1.807) is 0 Å². The summed E-state index contributed by atoms with van der Waals surface area (Å²) in [5.41, 5.74) is 5.66. The number of H-pyrrole nitrogens is 2. The van der Waals surface area contributed by atoms with Gasteiger partial charge in [-0.2, -0.15) is 5.21 Å². The van der Waals surface area contributed by atoms with Crippen LogP contribution in [0.4, 0.5) is 0 Å². The average Bonchev–Trinajstić information content (AvgIpc) is 3.39. The van der Waals surface area contributed by atoms with Gasteiger partial charge in [0.2, 0.25) is 5.82 Å². The zero-order valence-corrected chi connectivity index (χ0v) is 21.2. The fourth-order valence-corrected chi connectivity index (χ4v) is 4.57. The Balaban J connectivity index is 1.66. The molecule has 0 unspecified atom stereocenters. The molecule has 2 aromatic carbocycles. The highest BCUT2D eigenvalue weighted by molar-refractivity contribution is 9.10. The third kappa shape index (κ3) is 5.50. The van der Waals surface area contributed by atoms with Gasteiger partial charge in [-0.15, -0.1) is 10.2 Å². The first-order chi connectivity index (χ1) is 16.6. The van der Waals surface area contributed by atoms with Crippen LogP contribution >= 0.6 is 15.9 Å². The number of nitrogens with one attached hydrogen (secondary N) is 2. The van der Waals surface area contributed by atoms with E-state index in [4.69, 9.17) is 4.98 Å². The van der Waals surface area contributed by atoms with Gasteiger partial charge in [0.15, 0.2) is 0 Å². The number of hydrogen-bond donors (Lipinski definition) is 2. The van der Waals surface area contributed by atoms with Gasteiger partial charge in [-0.3, -0.25) is 4.79 Å². The first kappa shape index (κ1) is 24.0. The molecule has 0 atom stereocenters. The van der Waals surface area contributed by atoms with Crippen molar-refractivity contribution < 1.29 is 0 Å². The van der Waals surface area contributed by atoms with Gasteiger partial charge in [-0.25, -0.2) is 4.98 Å². The van der Waals surface area contributed by atoms with Crippen molar-refractivity contribution in [3.05, 3.63) is 79.9 Å². The van der Waals surface area contributed by atoms with E-state index in [1.165, 1.54) is 0 Å². The Bertz CT molecular complexity index is 1300. The van der Waals surface area contributed by atoms with Crippen molar-refractivity contribution in [1.82, 2.24) is 30.6 Å². The van der Waals surface area contributed by atoms with Gasteiger partial charge in [-0.1, -0.05) is 79.0 Å². The molecule has 4 aromatic rings. The molecule has 0 aliphatic rings. The molecule has 7 nitrogen and oxygen atoms in total. The van der Waals surface area contributed by atoms with Gasteiger partial charge >= 0.3 is 0 Å². The van der Waals surface area contributed by atoms with E-state index in [0.717, 1.165) is 82.3 Å². The summed E-state index contributed by atoms with van der Waals surface area (Å²) in [6.45, 7) is 4.30. The molecule has 176 valence electrons. The number of hydrogen-bond acceptors (Lipinski definition) is 5. The highest BCUT2D eigenvalue weighted by Gasteiger charge is 2.16. The topological polar surface area (TPSA) is 100 Å². The highest BCUT2D eigenvalue weighted by Crippen LogP contribution is 2.33. The van der Waals surface area contributed by atoms with Crippen molar-refractivity contribution in [2.24, 2.45) is 0 Å². The molecule has 0 saturated carbocycles. The second kappa shape index (κ2) is 11.3. The number of halogens is 1. The molecule has 0 spiro atoms. The molecule has 2 aromatic heterocycles. The summed E-state index contributed by atoms with van der Waals surface area (Å²) >= 11 is 3.74. The van der Waals surface area contributed by atoms with Crippen molar-refractivity contribution in [2.45, 2.75) is 58.8 Å². The number of aryl methyl sites for hydroxylation is 2. The number of rotatable bonds is 10. The van der Waals surface area contributed by atoms with Crippen LogP contribution in [0.25, 0.3) is 22.5 Å². The van der Waals surface area contributed by atoms with Gasteiger partial charge in [0, 0.05) is 28.4 Å². The molecule has 8 heteroatoms. The molecule has 34 heavy (non-hydrogen) atoms. The summed E-state index contributed by atoms with van der Waals surface area (Å²) in [7, 11) is 0. The third-order valence-electron chi connectivity index (χ3n) is 5.93. The Hall–Kier alpha value is -3.13. The fraction of sp³-hybridized carbons (Fsp3) is 0.346. The summed E-state index contributed by atoms with van der Waals surface area (Å²) in [6.07, 6.45) is 6.34. The van der Waals surface area contributed by atoms with E-state index in [0.29, 0.717) is 12.2 Å². The molecule has 0 radical (unpaired) electrons. The minimum absolute atomic E-state index is 0.0226. The van der Waals surface area contributed by atoms with E-state index in [9.17, 15) is 4.79 Å². The van der Waals surface area contributed by atoms with Crippen molar-refractivity contribution in [3.8, 4) is 22.5 Å². The van der Waals surface area contributed by atoms with Crippen LogP contribution in [0, 0.1) is 0 Å². The summed E-state index contributed by atoms with van der Waals surface area (Å²) in [6, 6.07) is 14.2. The SMILES string of the molecule is CCCCc1nc(CCCC)c(Cc2ccc(-c3ccccc3-c3nn[nH]n3)cc2Br)c(=O)[nH]1. The van der Waals surface area contributed by atoms with E-state index in [2.05, 4.69) is 73.6 Å². The van der Waals surface area contributed by atoms with Crippen LogP contribution in [0.15, 0.2) is 51.7 Å². The molecule has 2 N–H and O–H groups in total. The molecule has 0 saturated heterocycles. The van der Waals surface area contributed by atoms with Crippen LogP contribution in [0.3, 0.4) is 0 Å². The number of tetrazole rings is 1. The van der Waals surface area contributed by atoms with E-state index in [-0.39, 0.29) is 5.56 Å². The van der Waals surface area contributed by atoms with Crippen LogP contribution in [-0.2, 0) is 19.3 Å². The monoisotopic (exact) mass is 520 g/mol. The quantitative estimate of drug-likeness (QED) is 0.281. The molecular weight excluding hydrogens is 492 g/mol. The number of aromatic amines is 2. The summed E-state index contributed by atoms with van der Waals surface area (Å²) < 4.78 is 0.948. The smallest absolute Gasteiger partial charge is 0.254 e. The van der Waals surface area contributed by atoms with Crippen LogP contribution in [0.2, 0.25) is 0 Å². The van der Waals surface area contributed by atoms with Crippen molar-refractivity contribution in [2.75, 3.05) is 0 Å². The molecule has 0 fully saturated rings. The minimum atomic E-state index is -0.0226. The summed E-state index contributed by atoms with van der Waals surface area (Å²) in [5, 5.41) is 14.5. The summed E-state index contributed by atoms with van der Waals surface area (Å²) in [4.78, 5) is 20.9. The second-order valence-corrected chi connectivity index (χ2v) is 9.26. The Labute approximate surface area is 207 Å². The lowest BCUT2D eigenvalue weighted by Crippen LogP contribution is -2.21. The van der Waals surface area contributed by atoms with Crippen LogP contribution in [0.5, 0.6) is 0 Å². The lowest BCUT2D eigenvalue weighted by atomic mass is 9.96. The van der Waals surface area contributed by atoms with E-state index >= 15 is 0 Å². The molecule has 0 amide bonds. The summed E-state index contributed by atoms with van der Waals surface area (Å²) in [5.74, 6) is 1.35. The lowest BCUT2D eigenvalue weighted by Gasteiger charge is -2.13. The Morgan fingerprint density at radius 1 is 0.971 bits per heavy atom. The largest absolute Gasteiger partial charge is 0.310 e. The molecule has 2 heterocycles. The van der Waals surface area contributed by atoms with Crippen LogP contribution < -0.4 is 5.56 Å². The van der Waals surface area contributed by atoms with Crippen LogP contribution in [-0.4, -0.2) is 30.6 Å². The van der Waals surface area contributed by atoms with Gasteiger partial charge < -0.3 is 4.98 Å². The maximum Gasteiger partial charge on any atom is 0.254 e. The number of nitrogens with zero attached hydrogens (tertiary/aromatic N) is 4. The van der Waals surface area contributed by atoms with Gasteiger partial charge in [0.1, 0.15) is 5.82 Å². The zero-order valence-electron chi connectivity index (χ0n) is 19.6. The first-order valence-electron chi connectivity index (χ1n) is 11.8. The molecule has 0 aliphatic carbocycles. The minimum Gasteiger partial charge on any atom is -0.310 e. The number of unbranched alkanes of at least 4 members (excludes halogenated alkanes) is 2. The van der Waals surface area contributed by atoms with Crippen molar-refractivity contribution in [3.63, 3.8) is 0 Å². The average molecular weight is 521 g/mol. The normalized spacial score (nSPS) is 11.1. The standard InChI is InChI=1S/C26H29BrN6O/c1-3-5-11-23-21(26(34)29-24(28-23)12-6-4-2)15-18-14-13-17(16-22(18)27)19-9-7-8-10-20(19)25-30-32-33-31-25/h7-10,13-14,16H,3-6,11-12,15H2,1-2H3,(H,28,29,34)(H,30,31,32,33). The Morgan fingerprint density at radius 3 is 2.44 bits per heavy atom. The Morgan fingerprint density at radius 2 is 1.74 bits per heavy atom. The van der Waals surface area contributed by atoms with E-state index in [1.807, 2.05) is 24.3 Å². The number of aromatic nitrogens is 6. The molecular formula is C26H29BrN6O. The van der Waals surface area contributed by atoms with Crippen molar-refractivity contribution in [1.29, 1.82) is 0 Å². The first-order valence-corrected chi connectivity index (χ1v) is 12.6. The molecule has 0 aliphatic heterocycles. The zero-order chi connectivity index (χ0) is 23.9. The predicted molar refractivity (Wildman–Crippen MR) is 138 cm³/mol. The van der Waals surface area contributed by atoms with Gasteiger partial charge in [0.25, 0.3) is 5.56 Å². The molecule has 4 rings (SSSR count).